The molecular formula is C29H34F2O5. The van der Waals surface area contributed by atoms with E-state index in [0.717, 1.165) is 42.0 Å². The summed E-state index contributed by atoms with van der Waals surface area (Å²) in [6.07, 6.45) is 3.61. The first-order valence-corrected chi connectivity index (χ1v) is 12.0. The van der Waals surface area contributed by atoms with Gasteiger partial charge in [0, 0.05) is 5.39 Å². The number of carbonyl (C=O) groups excluding carboxylic acids is 1. The Morgan fingerprint density at radius 3 is 2.22 bits per heavy atom. The van der Waals surface area contributed by atoms with Crippen LogP contribution in [0, 0.1) is 5.41 Å². The normalized spacial score (nSPS) is 12.4. The van der Waals surface area contributed by atoms with Gasteiger partial charge in [-0.1, -0.05) is 69.2 Å². The van der Waals surface area contributed by atoms with E-state index in [0.29, 0.717) is 11.3 Å². The molecule has 36 heavy (non-hydrogen) atoms. The van der Waals surface area contributed by atoms with Crippen LogP contribution in [0.1, 0.15) is 69.3 Å². The Labute approximate surface area is 211 Å². The number of benzene rings is 3. The quantitative estimate of drug-likeness (QED) is 0.271. The second-order valence-corrected chi connectivity index (χ2v) is 8.85. The van der Waals surface area contributed by atoms with Gasteiger partial charge in [0.15, 0.2) is 5.78 Å². The predicted octanol–water partition coefficient (Wildman–Crippen LogP) is 7.90. The SMILES string of the molecule is CC(=O)c1ccc2ccccc2c1OCc1ccc(OC(F)F)cc1.CCCCC(C)(CC)C(=O)O. The van der Waals surface area contributed by atoms with Crippen molar-refractivity contribution < 1.29 is 33.0 Å². The van der Waals surface area contributed by atoms with Crippen LogP contribution in [-0.4, -0.2) is 23.5 Å². The first kappa shape index (κ1) is 28.8. The summed E-state index contributed by atoms with van der Waals surface area (Å²) >= 11 is 0. The lowest BCUT2D eigenvalue weighted by atomic mass is 9.82. The summed E-state index contributed by atoms with van der Waals surface area (Å²) in [5, 5.41) is 10.7. The highest BCUT2D eigenvalue weighted by molar-refractivity contribution is 6.03. The number of fused-ring (bicyclic) bond motifs is 1. The number of Topliss-reactive ketones (excluding diaryl/α,β-unsaturated/α-hetero) is 1. The lowest BCUT2D eigenvalue weighted by Gasteiger charge is -2.22. The Hall–Kier alpha value is -3.48. The van der Waals surface area contributed by atoms with Crippen LogP contribution in [0.3, 0.4) is 0 Å². The number of unbranched alkanes of at least 4 members (excludes halogenated alkanes) is 1. The van der Waals surface area contributed by atoms with Gasteiger partial charge in [-0.2, -0.15) is 8.78 Å². The Morgan fingerprint density at radius 1 is 1.00 bits per heavy atom. The number of hydrogen-bond donors (Lipinski definition) is 1. The molecule has 0 heterocycles. The number of halogens is 2. The van der Waals surface area contributed by atoms with Gasteiger partial charge in [-0.05, 0) is 55.8 Å². The fourth-order valence-corrected chi connectivity index (χ4v) is 3.60. The molecule has 1 N–H and O–H groups in total. The lowest BCUT2D eigenvalue weighted by Crippen LogP contribution is -2.26. The number of hydrogen-bond acceptors (Lipinski definition) is 4. The van der Waals surface area contributed by atoms with Crippen molar-refractivity contribution in [2.45, 2.75) is 66.6 Å². The summed E-state index contributed by atoms with van der Waals surface area (Å²) in [6.45, 7) is 4.69. The smallest absolute Gasteiger partial charge is 0.387 e. The molecule has 0 aromatic heterocycles. The molecule has 0 amide bonds. The molecule has 1 atom stereocenters. The van der Waals surface area contributed by atoms with E-state index in [9.17, 15) is 18.4 Å². The van der Waals surface area contributed by atoms with Gasteiger partial charge in [-0.3, -0.25) is 9.59 Å². The van der Waals surface area contributed by atoms with Crippen LogP contribution in [0.15, 0.2) is 60.7 Å². The zero-order chi connectivity index (χ0) is 26.7. The van der Waals surface area contributed by atoms with Gasteiger partial charge in [-0.15, -0.1) is 0 Å². The molecule has 194 valence electrons. The molecule has 0 saturated carbocycles. The van der Waals surface area contributed by atoms with Crippen molar-refractivity contribution in [1.29, 1.82) is 0 Å². The van der Waals surface area contributed by atoms with E-state index in [1.165, 1.54) is 19.1 Å². The molecule has 3 rings (SSSR count). The van der Waals surface area contributed by atoms with Gasteiger partial charge in [0.05, 0.1) is 11.0 Å². The lowest BCUT2D eigenvalue weighted by molar-refractivity contribution is -0.148. The minimum absolute atomic E-state index is 0.0820. The fraction of sp³-hybridized carbons (Fsp3) is 0.379. The minimum Gasteiger partial charge on any atom is -0.487 e. The number of ether oxygens (including phenoxy) is 2. The van der Waals surface area contributed by atoms with E-state index in [4.69, 9.17) is 9.84 Å². The monoisotopic (exact) mass is 500 g/mol. The molecule has 5 nitrogen and oxygen atoms in total. The highest BCUT2D eigenvalue weighted by Crippen LogP contribution is 2.31. The van der Waals surface area contributed by atoms with Crippen molar-refractivity contribution in [2.75, 3.05) is 0 Å². The Balaban J connectivity index is 0.000000352. The molecule has 0 aliphatic carbocycles. The highest BCUT2D eigenvalue weighted by Gasteiger charge is 2.29. The van der Waals surface area contributed by atoms with Crippen LogP contribution < -0.4 is 9.47 Å². The molecule has 0 bridgehead atoms. The summed E-state index contributed by atoms with van der Waals surface area (Å²) in [7, 11) is 0. The van der Waals surface area contributed by atoms with E-state index in [2.05, 4.69) is 11.7 Å². The maximum Gasteiger partial charge on any atom is 0.387 e. The van der Waals surface area contributed by atoms with E-state index in [-0.39, 0.29) is 18.1 Å². The number of alkyl halides is 2. The first-order chi connectivity index (χ1) is 17.1. The number of carboxylic acid groups (broad SMARTS) is 1. The summed E-state index contributed by atoms with van der Waals surface area (Å²) < 4.78 is 34.6. The summed E-state index contributed by atoms with van der Waals surface area (Å²) in [5.74, 6) is -0.123. The van der Waals surface area contributed by atoms with Crippen LogP contribution in [0.5, 0.6) is 11.5 Å². The first-order valence-electron chi connectivity index (χ1n) is 12.0. The largest absolute Gasteiger partial charge is 0.487 e. The Kier molecular flexibility index (Phi) is 10.8. The molecule has 0 saturated heterocycles. The van der Waals surface area contributed by atoms with Gasteiger partial charge in [0.2, 0.25) is 0 Å². The summed E-state index contributed by atoms with van der Waals surface area (Å²) in [5.41, 5.74) is 0.802. The molecule has 0 aliphatic heterocycles. The van der Waals surface area contributed by atoms with Crippen molar-refractivity contribution >= 4 is 22.5 Å². The molecule has 1 unspecified atom stereocenters. The molecule has 3 aromatic rings. The van der Waals surface area contributed by atoms with E-state index in [1.54, 1.807) is 18.2 Å². The number of rotatable bonds is 11. The van der Waals surface area contributed by atoms with E-state index >= 15 is 0 Å². The van der Waals surface area contributed by atoms with Gasteiger partial charge in [0.1, 0.15) is 18.1 Å². The Morgan fingerprint density at radius 2 is 1.67 bits per heavy atom. The number of carbonyl (C=O) groups is 2. The average Bonchev–Trinajstić information content (AvgIpc) is 2.86. The summed E-state index contributed by atoms with van der Waals surface area (Å²) in [4.78, 5) is 22.7. The molecule has 0 aliphatic rings. The third kappa shape index (κ3) is 8.04. The minimum atomic E-state index is -2.85. The van der Waals surface area contributed by atoms with Crippen molar-refractivity contribution in [2.24, 2.45) is 5.41 Å². The molecule has 0 fully saturated rings. The van der Waals surface area contributed by atoms with E-state index < -0.39 is 18.0 Å². The van der Waals surface area contributed by atoms with Crippen LogP contribution in [0.25, 0.3) is 10.8 Å². The van der Waals surface area contributed by atoms with Crippen LogP contribution >= 0.6 is 0 Å². The standard InChI is InChI=1S/C20H16F2O3.C9H18O2/c1-13(23)17-11-8-15-4-2-3-5-18(15)19(17)24-12-14-6-9-16(10-7-14)25-20(21)22;1-4-6-7-9(3,5-2)8(10)11/h2-11,20H,12H2,1H3;4-7H2,1-3H3,(H,10,11). The van der Waals surface area contributed by atoms with Crippen LogP contribution in [-0.2, 0) is 11.4 Å². The molecule has 0 radical (unpaired) electrons. The Bertz CT molecular complexity index is 1140. The number of carboxylic acids is 1. The third-order valence-electron chi connectivity index (χ3n) is 6.17. The predicted molar refractivity (Wildman–Crippen MR) is 137 cm³/mol. The zero-order valence-corrected chi connectivity index (χ0v) is 21.2. The number of ketones is 1. The molecular weight excluding hydrogens is 466 g/mol. The zero-order valence-electron chi connectivity index (χ0n) is 21.2. The molecule has 3 aromatic carbocycles. The van der Waals surface area contributed by atoms with Gasteiger partial charge >= 0.3 is 12.6 Å². The van der Waals surface area contributed by atoms with Gasteiger partial charge in [0.25, 0.3) is 0 Å². The maximum absolute atomic E-state index is 12.2. The van der Waals surface area contributed by atoms with Gasteiger partial charge in [-0.25, -0.2) is 0 Å². The molecule has 0 spiro atoms. The van der Waals surface area contributed by atoms with Gasteiger partial charge < -0.3 is 14.6 Å². The van der Waals surface area contributed by atoms with Crippen molar-refractivity contribution in [3.05, 3.63) is 71.8 Å². The molecule has 7 heteroatoms. The average molecular weight is 501 g/mol. The summed E-state index contributed by atoms with van der Waals surface area (Å²) in [6, 6.07) is 17.5. The van der Waals surface area contributed by atoms with Crippen molar-refractivity contribution in [3.63, 3.8) is 0 Å². The van der Waals surface area contributed by atoms with Crippen LogP contribution in [0.2, 0.25) is 0 Å². The number of aliphatic carboxylic acids is 1. The van der Waals surface area contributed by atoms with Crippen LogP contribution in [0.4, 0.5) is 8.78 Å². The fourth-order valence-electron chi connectivity index (χ4n) is 3.60. The topological polar surface area (TPSA) is 72.8 Å². The van der Waals surface area contributed by atoms with E-state index in [1.807, 2.05) is 44.2 Å². The van der Waals surface area contributed by atoms with Crippen molar-refractivity contribution in [1.82, 2.24) is 0 Å². The van der Waals surface area contributed by atoms with Crippen molar-refractivity contribution in [3.8, 4) is 11.5 Å². The maximum atomic E-state index is 12.2. The highest BCUT2D eigenvalue weighted by atomic mass is 19.3. The second-order valence-electron chi connectivity index (χ2n) is 8.85. The second kappa shape index (κ2) is 13.6. The third-order valence-corrected chi connectivity index (χ3v) is 6.17.